The van der Waals surface area contributed by atoms with E-state index in [9.17, 15) is 4.79 Å². The molecular weight excluding hydrogens is 640 g/mol. The number of ether oxygens (including phenoxy) is 2. The number of H-pyrrole nitrogens is 1. The Labute approximate surface area is 268 Å². The molecule has 11 heteroatoms. The van der Waals surface area contributed by atoms with E-state index in [1.54, 1.807) is 6.33 Å². The fraction of sp³-hybridized carbons (Fsp3) is 0.273. The Morgan fingerprint density at radius 1 is 0.977 bits per heavy atom. The molecule has 2 aromatic heterocycles. The molecule has 0 unspecified atom stereocenters. The van der Waals surface area contributed by atoms with Crippen LogP contribution >= 0.6 is 27.7 Å². The maximum atomic E-state index is 11.1. The van der Waals surface area contributed by atoms with E-state index < -0.39 is 0 Å². The fourth-order valence-corrected chi connectivity index (χ4v) is 6.62. The number of hydrogen-bond acceptors (Lipinski definition) is 7. The molecule has 1 amide bonds. The highest BCUT2D eigenvalue weighted by Gasteiger charge is 2.19. The van der Waals surface area contributed by atoms with Gasteiger partial charge in [-0.3, -0.25) is 10.2 Å². The number of hydrogen-bond donors (Lipinski definition) is 2. The average Bonchev–Trinajstić information content (AvgIpc) is 3.50. The van der Waals surface area contributed by atoms with Gasteiger partial charge in [-0.2, -0.15) is 0 Å². The third-order valence-corrected chi connectivity index (χ3v) is 9.62. The van der Waals surface area contributed by atoms with Crippen LogP contribution in [0.4, 0.5) is 0 Å². The summed E-state index contributed by atoms with van der Waals surface area (Å²) < 4.78 is 15.4. The average molecular weight is 674 g/mol. The van der Waals surface area contributed by atoms with Crippen LogP contribution in [0.1, 0.15) is 30.4 Å². The number of carbonyl (C=O) groups is 1. The van der Waals surface area contributed by atoms with Crippen LogP contribution in [0.2, 0.25) is 0 Å². The largest absolute Gasteiger partial charge is 0.485 e. The maximum Gasteiger partial charge on any atom is 0.209 e. The van der Waals surface area contributed by atoms with E-state index in [1.807, 2.05) is 82.3 Å². The van der Waals surface area contributed by atoms with Crippen LogP contribution in [0, 0.1) is 11.3 Å². The monoisotopic (exact) mass is 672 g/mol. The minimum atomic E-state index is 0.158. The van der Waals surface area contributed by atoms with Crippen LogP contribution < -0.4 is 15.0 Å². The molecule has 226 valence electrons. The zero-order valence-corrected chi connectivity index (χ0v) is 26.5. The van der Waals surface area contributed by atoms with Crippen LogP contribution in [-0.2, 0) is 24.6 Å². The number of aromatic amines is 1. The molecule has 1 fully saturated rings. The van der Waals surface area contributed by atoms with Crippen molar-refractivity contribution in [3.8, 4) is 11.5 Å². The van der Waals surface area contributed by atoms with Crippen molar-refractivity contribution in [3.05, 3.63) is 100 Å². The summed E-state index contributed by atoms with van der Waals surface area (Å²) in [5, 5.41) is 9.05. The van der Waals surface area contributed by atoms with Gasteiger partial charge in [0.2, 0.25) is 6.41 Å². The van der Waals surface area contributed by atoms with Gasteiger partial charge in [-0.1, -0.05) is 72.4 Å². The summed E-state index contributed by atoms with van der Waals surface area (Å²) in [5.74, 6) is 1.82. The first-order valence-electron chi connectivity index (χ1n) is 14.6. The summed E-state index contributed by atoms with van der Waals surface area (Å²) in [5.41, 5.74) is 3.59. The van der Waals surface area contributed by atoms with Gasteiger partial charge in [-0.25, -0.2) is 9.97 Å². The molecule has 6 rings (SSSR count). The number of aryl methyl sites for hydroxylation is 1. The molecule has 2 N–H and O–H groups in total. The number of amides is 1. The minimum absolute atomic E-state index is 0.158. The third-order valence-electron chi connectivity index (χ3n) is 7.75. The van der Waals surface area contributed by atoms with Gasteiger partial charge in [0.05, 0.1) is 6.33 Å². The highest BCUT2D eigenvalue weighted by atomic mass is 79.9. The molecule has 3 heterocycles. The minimum Gasteiger partial charge on any atom is -0.485 e. The van der Waals surface area contributed by atoms with Crippen molar-refractivity contribution in [2.45, 2.75) is 49.1 Å². The van der Waals surface area contributed by atoms with Gasteiger partial charge < -0.3 is 23.9 Å². The van der Waals surface area contributed by atoms with Gasteiger partial charge in [0, 0.05) is 29.0 Å². The standard InChI is InChI=1S/C33H33BrN6O3S/c34-26-17-27(42-19-24-7-3-1-4-8-24)28(43-20-25-9-5-2-6-10-25)18-29(26)44-33-37-30-31(35)36-21-40(32(30)38-33)16-13-23-11-14-39(22-41)15-12-23/h1-10,17-18,21-23,35H,11-16,19-20H2,(H,37,38). The highest BCUT2D eigenvalue weighted by molar-refractivity contribution is 9.10. The smallest absolute Gasteiger partial charge is 0.209 e. The number of benzene rings is 3. The lowest BCUT2D eigenvalue weighted by molar-refractivity contribution is -0.119. The van der Waals surface area contributed by atoms with Crippen LogP contribution in [-0.4, -0.2) is 43.9 Å². The van der Waals surface area contributed by atoms with Gasteiger partial charge in [0.15, 0.2) is 27.8 Å². The predicted octanol–water partition coefficient (Wildman–Crippen LogP) is 6.57. The van der Waals surface area contributed by atoms with Crippen molar-refractivity contribution in [2.24, 2.45) is 5.92 Å². The van der Waals surface area contributed by atoms with E-state index in [-0.39, 0.29) is 5.49 Å². The summed E-state index contributed by atoms with van der Waals surface area (Å²) in [7, 11) is 0. The molecule has 1 aliphatic rings. The lowest BCUT2D eigenvalue weighted by atomic mass is 9.94. The summed E-state index contributed by atoms with van der Waals surface area (Å²) in [6, 6.07) is 24.0. The van der Waals surface area contributed by atoms with E-state index in [0.29, 0.717) is 47.0 Å². The van der Waals surface area contributed by atoms with Gasteiger partial charge in [-0.15, -0.1) is 0 Å². The number of halogens is 1. The molecule has 0 saturated carbocycles. The molecule has 0 atom stereocenters. The lowest BCUT2D eigenvalue weighted by Gasteiger charge is -2.29. The number of nitrogens with one attached hydrogen (secondary N) is 2. The topological polar surface area (TPSA) is 109 Å². The number of piperidine rings is 1. The number of nitrogens with zero attached hydrogens (tertiary/aromatic N) is 4. The van der Waals surface area contributed by atoms with E-state index in [4.69, 9.17) is 19.9 Å². The van der Waals surface area contributed by atoms with E-state index >= 15 is 0 Å². The van der Waals surface area contributed by atoms with E-state index in [2.05, 4.69) is 25.9 Å². The Morgan fingerprint density at radius 2 is 1.61 bits per heavy atom. The molecule has 1 saturated heterocycles. The first-order valence-corrected chi connectivity index (χ1v) is 16.2. The quantitative estimate of drug-likeness (QED) is 0.145. The Balaban J connectivity index is 1.22. The molecule has 1 aliphatic heterocycles. The van der Waals surface area contributed by atoms with Crippen LogP contribution in [0.25, 0.3) is 11.2 Å². The molecule has 0 radical (unpaired) electrons. The Morgan fingerprint density at radius 3 is 2.25 bits per heavy atom. The number of fused-ring (bicyclic) bond motifs is 1. The molecule has 0 spiro atoms. The molecule has 3 aromatic carbocycles. The molecule has 44 heavy (non-hydrogen) atoms. The maximum absolute atomic E-state index is 11.1. The van der Waals surface area contributed by atoms with Crippen molar-refractivity contribution < 1.29 is 14.3 Å². The van der Waals surface area contributed by atoms with Crippen molar-refractivity contribution in [1.82, 2.24) is 24.4 Å². The van der Waals surface area contributed by atoms with Gasteiger partial charge in [0.25, 0.3) is 0 Å². The Kier molecular flexibility index (Phi) is 9.62. The van der Waals surface area contributed by atoms with E-state index in [0.717, 1.165) is 65.8 Å². The van der Waals surface area contributed by atoms with E-state index in [1.165, 1.54) is 11.8 Å². The SMILES string of the molecule is N=c1ncn(CCC2CCN(C=O)CC2)c2nc(Sc3cc(OCc4ccccc4)c(OCc4ccccc4)cc3Br)[nH]c12. The normalized spacial score (nSPS) is 13.7. The summed E-state index contributed by atoms with van der Waals surface area (Å²) in [6.45, 7) is 3.19. The van der Waals surface area contributed by atoms with Crippen LogP contribution in [0.15, 0.2) is 93.6 Å². The molecule has 0 bridgehead atoms. The van der Waals surface area contributed by atoms with Gasteiger partial charge in [-0.05, 0) is 64.4 Å². The molecule has 0 aliphatic carbocycles. The second-order valence-corrected chi connectivity index (χ2v) is 12.7. The third kappa shape index (κ3) is 7.34. The second kappa shape index (κ2) is 14.1. The fourth-order valence-electron chi connectivity index (χ4n) is 5.24. The Bertz CT molecular complexity index is 1770. The number of rotatable bonds is 12. The molecule has 9 nitrogen and oxygen atoms in total. The zero-order valence-electron chi connectivity index (χ0n) is 24.1. The van der Waals surface area contributed by atoms with Crippen LogP contribution in [0.3, 0.4) is 0 Å². The Hall–Kier alpha value is -4.09. The predicted molar refractivity (Wildman–Crippen MR) is 173 cm³/mol. The number of likely N-dealkylation sites (tertiary alicyclic amines) is 1. The lowest BCUT2D eigenvalue weighted by Crippen LogP contribution is -2.32. The second-order valence-electron chi connectivity index (χ2n) is 10.8. The van der Waals surface area contributed by atoms with Crippen molar-refractivity contribution >= 4 is 45.3 Å². The molecule has 5 aromatic rings. The van der Waals surface area contributed by atoms with Crippen LogP contribution in [0.5, 0.6) is 11.5 Å². The zero-order chi connectivity index (χ0) is 30.3. The van der Waals surface area contributed by atoms with Gasteiger partial charge in [0.1, 0.15) is 18.7 Å². The summed E-state index contributed by atoms with van der Waals surface area (Å²) in [6.07, 6.45) is 5.61. The van der Waals surface area contributed by atoms with Gasteiger partial charge >= 0.3 is 0 Å². The van der Waals surface area contributed by atoms with Crippen molar-refractivity contribution in [1.29, 1.82) is 5.41 Å². The number of aromatic nitrogens is 4. The number of imidazole rings is 1. The summed E-state index contributed by atoms with van der Waals surface area (Å²) >= 11 is 5.19. The van der Waals surface area contributed by atoms with Crippen molar-refractivity contribution in [2.75, 3.05) is 13.1 Å². The highest BCUT2D eigenvalue weighted by Crippen LogP contribution is 2.41. The summed E-state index contributed by atoms with van der Waals surface area (Å²) in [4.78, 5) is 26.3. The first kappa shape index (κ1) is 30.0. The first-order chi connectivity index (χ1) is 21.6. The number of carbonyl (C=O) groups excluding carboxylic acids is 1. The van der Waals surface area contributed by atoms with Crippen molar-refractivity contribution in [3.63, 3.8) is 0 Å². The molecular formula is C33H33BrN6O3S.